The Balaban J connectivity index is 0.000000640. The van der Waals surface area contributed by atoms with Crippen molar-refractivity contribution in [1.82, 2.24) is 5.32 Å². The van der Waals surface area contributed by atoms with E-state index in [0.717, 1.165) is 0 Å². The van der Waals surface area contributed by atoms with Gasteiger partial charge in [0.15, 0.2) is 0 Å². The highest BCUT2D eigenvalue weighted by Gasteiger charge is 1.80. The van der Waals surface area contributed by atoms with Crippen molar-refractivity contribution in [2.24, 2.45) is 5.73 Å². The van der Waals surface area contributed by atoms with Crippen LogP contribution in [0.3, 0.4) is 0 Å². The third kappa shape index (κ3) is 2.56. The molecular weight excluding hydrogens is 116 g/mol. The van der Waals surface area contributed by atoms with Crippen molar-refractivity contribution in [2.75, 3.05) is 0 Å². The van der Waals surface area contributed by atoms with Gasteiger partial charge in [-0.1, -0.05) is 12.2 Å². The lowest BCUT2D eigenvalue weighted by molar-refractivity contribution is 0.824. The molecule has 1 aliphatic rings. The van der Waals surface area contributed by atoms with Crippen molar-refractivity contribution in [2.45, 2.75) is 0 Å². The molecule has 3 heteroatoms. The monoisotopic (exact) mass is 126 g/mol. The molecule has 0 atom stereocenters. The summed E-state index contributed by atoms with van der Waals surface area (Å²) in [5.74, 6) is 0.676. The third-order valence-corrected chi connectivity index (χ3v) is 0.844. The first-order chi connectivity index (χ1) is 3.89. The fraction of sp³-hybridized carbons (Fsp3) is 0. The van der Waals surface area contributed by atoms with E-state index in [0.29, 0.717) is 5.82 Å². The quantitative estimate of drug-likeness (QED) is 0.465. The number of nitrogens with two attached hydrogens (primary N) is 1. The molecular formula is C6H10N2O. The molecule has 0 aromatic rings. The van der Waals surface area contributed by atoms with E-state index in [-0.39, 0.29) is 5.48 Å². The van der Waals surface area contributed by atoms with Crippen LogP contribution in [0.15, 0.2) is 36.3 Å². The highest BCUT2D eigenvalue weighted by Crippen LogP contribution is 1.86. The Bertz CT molecular complexity index is 158. The van der Waals surface area contributed by atoms with E-state index < -0.39 is 0 Å². The molecule has 0 radical (unpaired) electrons. The first kappa shape index (κ1) is 7.78. The van der Waals surface area contributed by atoms with Crippen LogP contribution in [-0.4, -0.2) is 5.48 Å². The van der Waals surface area contributed by atoms with Crippen molar-refractivity contribution < 1.29 is 5.48 Å². The summed E-state index contributed by atoms with van der Waals surface area (Å²) < 4.78 is 0. The largest absolute Gasteiger partial charge is 0.412 e. The molecule has 0 unspecified atom stereocenters. The molecule has 0 amide bonds. The van der Waals surface area contributed by atoms with Gasteiger partial charge in [0.2, 0.25) is 0 Å². The Morgan fingerprint density at radius 1 is 1.22 bits per heavy atom. The second-order valence-electron chi connectivity index (χ2n) is 1.51. The number of rotatable bonds is 0. The molecule has 0 fully saturated rings. The maximum absolute atomic E-state index is 5.38. The van der Waals surface area contributed by atoms with E-state index in [1.807, 2.05) is 18.2 Å². The minimum atomic E-state index is 0. The maximum atomic E-state index is 5.38. The third-order valence-electron chi connectivity index (χ3n) is 0.844. The molecule has 0 bridgehead atoms. The molecule has 9 heavy (non-hydrogen) atoms. The Morgan fingerprint density at radius 3 is 2.78 bits per heavy atom. The lowest BCUT2D eigenvalue weighted by Crippen LogP contribution is -2.12. The number of hydrogen-bond donors (Lipinski definition) is 2. The molecule has 0 saturated carbocycles. The van der Waals surface area contributed by atoms with Crippen LogP contribution in [0.1, 0.15) is 0 Å². The standard InChI is InChI=1S/C6H8N2.H2O/c7-6-4-2-1-3-5-8-6;/h1-5,8H,7H2;1H2. The Labute approximate surface area is 53.9 Å². The Morgan fingerprint density at radius 2 is 2.00 bits per heavy atom. The van der Waals surface area contributed by atoms with E-state index in [2.05, 4.69) is 5.32 Å². The van der Waals surface area contributed by atoms with E-state index >= 15 is 0 Å². The van der Waals surface area contributed by atoms with E-state index in [1.54, 1.807) is 12.3 Å². The number of nitrogens with one attached hydrogen (secondary N) is 1. The molecule has 1 aliphatic heterocycles. The zero-order chi connectivity index (χ0) is 5.82. The van der Waals surface area contributed by atoms with Gasteiger partial charge in [-0.05, 0) is 12.2 Å². The van der Waals surface area contributed by atoms with Crippen LogP contribution in [0.4, 0.5) is 0 Å². The van der Waals surface area contributed by atoms with Gasteiger partial charge in [-0.25, -0.2) is 0 Å². The normalized spacial score (nSPS) is 14.9. The smallest absolute Gasteiger partial charge is 0.1000 e. The number of allylic oxidation sites excluding steroid dienone is 4. The van der Waals surface area contributed by atoms with Crippen LogP contribution in [0.25, 0.3) is 0 Å². The SMILES string of the molecule is NC1=CC=CC=CN1.O. The molecule has 0 aromatic carbocycles. The van der Waals surface area contributed by atoms with Crippen LogP contribution in [0, 0.1) is 0 Å². The van der Waals surface area contributed by atoms with Gasteiger partial charge >= 0.3 is 0 Å². The molecule has 1 heterocycles. The predicted molar refractivity (Wildman–Crippen MR) is 37.3 cm³/mol. The van der Waals surface area contributed by atoms with Gasteiger partial charge in [0, 0.05) is 6.20 Å². The van der Waals surface area contributed by atoms with E-state index in [1.165, 1.54) is 0 Å². The summed E-state index contributed by atoms with van der Waals surface area (Å²) in [5, 5.41) is 2.84. The molecule has 0 aliphatic carbocycles. The lowest BCUT2D eigenvalue weighted by atomic mass is 10.5. The summed E-state index contributed by atoms with van der Waals surface area (Å²) in [6, 6.07) is 0. The second-order valence-corrected chi connectivity index (χ2v) is 1.51. The topological polar surface area (TPSA) is 69.5 Å². The van der Waals surface area contributed by atoms with Crippen LogP contribution < -0.4 is 11.1 Å². The van der Waals surface area contributed by atoms with Crippen molar-refractivity contribution >= 4 is 0 Å². The lowest BCUT2D eigenvalue weighted by Gasteiger charge is -1.93. The minimum absolute atomic E-state index is 0. The second kappa shape index (κ2) is 3.74. The maximum Gasteiger partial charge on any atom is 0.1000 e. The van der Waals surface area contributed by atoms with Crippen molar-refractivity contribution in [3.05, 3.63) is 36.3 Å². The van der Waals surface area contributed by atoms with Gasteiger partial charge in [-0.15, -0.1) is 0 Å². The average molecular weight is 126 g/mol. The summed E-state index contributed by atoms with van der Waals surface area (Å²) >= 11 is 0. The first-order valence-corrected chi connectivity index (χ1v) is 2.45. The Hall–Kier alpha value is -1.22. The van der Waals surface area contributed by atoms with Crippen molar-refractivity contribution in [1.29, 1.82) is 0 Å². The van der Waals surface area contributed by atoms with Crippen LogP contribution in [0.2, 0.25) is 0 Å². The molecule has 5 N–H and O–H groups in total. The van der Waals surface area contributed by atoms with Gasteiger partial charge in [-0.2, -0.15) is 0 Å². The molecule has 1 rings (SSSR count). The molecule has 3 nitrogen and oxygen atoms in total. The summed E-state index contributed by atoms with van der Waals surface area (Å²) in [6.07, 6.45) is 9.27. The van der Waals surface area contributed by atoms with Crippen LogP contribution in [-0.2, 0) is 0 Å². The van der Waals surface area contributed by atoms with Gasteiger partial charge in [0.1, 0.15) is 0 Å². The first-order valence-electron chi connectivity index (χ1n) is 2.45. The van der Waals surface area contributed by atoms with Gasteiger partial charge in [-0.3, -0.25) is 0 Å². The molecule has 50 valence electrons. The fourth-order valence-corrected chi connectivity index (χ4v) is 0.471. The average Bonchev–Trinajstić information content (AvgIpc) is 1.94. The molecule has 0 spiro atoms. The summed E-state index contributed by atoms with van der Waals surface area (Å²) in [6.45, 7) is 0. The number of hydrogen-bond acceptors (Lipinski definition) is 2. The minimum Gasteiger partial charge on any atom is -0.412 e. The zero-order valence-corrected chi connectivity index (χ0v) is 4.96. The van der Waals surface area contributed by atoms with Gasteiger partial charge in [0.25, 0.3) is 0 Å². The Kier molecular flexibility index (Phi) is 3.23. The van der Waals surface area contributed by atoms with E-state index in [4.69, 9.17) is 5.73 Å². The van der Waals surface area contributed by atoms with Gasteiger partial charge < -0.3 is 16.5 Å². The van der Waals surface area contributed by atoms with Crippen molar-refractivity contribution in [3.8, 4) is 0 Å². The highest BCUT2D eigenvalue weighted by molar-refractivity contribution is 5.18. The summed E-state index contributed by atoms with van der Waals surface area (Å²) in [5.41, 5.74) is 5.38. The molecule has 0 saturated heterocycles. The van der Waals surface area contributed by atoms with Gasteiger partial charge in [0.05, 0.1) is 5.82 Å². The van der Waals surface area contributed by atoms with Crippen LogP contribution in [0.5, 0.6) is 0 Å². The fourth-order valence-electron chi connectivity index (χ4n) is 0.471. The molecule has 0 aromatic heterocycles. The highest BCUT2D eigenvalue weighted by atomic mass is 16.0. The van der Waals surface area contributed by atoms with Crippen molar-refractivity contribution in [3.63, 3.8) is 0 Å². The summed E-state index contributed by atoms with van der Waals surface area (Å²) in [7, 11) is 0. The summed E-state index contributed by atoms with van der Waals surface area (Å²) in [4.78, 5) is 0. The zero-order valence-electron chi connectivity index (χ0n) is 4.96. The van der Waals surface area contributed by atoms with Crippen LogP contribution >= 0.6 is 0 Å². The van der Waals surface area contributed by atoms with E-state index in [9.17, 15) is 0 Å². The predicted octanol–water partition coefficient (Wildman–Crippen LogP) is -0.365.